The van der Waals surface area contributed by atoms with Crippen LogP contribution in [-0.4, -0.2) is 91.3 Å². The fourth-order valence-electron chi connectivity index (χ4n) is 4.32. The van der Waals surface area contributed by atoms with E-state index in [-0.39, 0.29) is 33.4 Å². The van der Waals surface area contributed by atoms with E-state index in [1.807, 2.05) is 0 Å². The van der Waals surface area contributed by atoms with Crippen LogP contribution in [0.3, 0.4) is 0 Å². The van der Waals surface area contributed by atoms with Crippen LogP contribution < -0.4 is 5.32 Å². The van der Waals surface area contributed by atoms with Crippen LogP contribution in [0, 0.1) is 10.1 Å². The first kappa shape index (κ1) is 20.1. The molecule has 1 aromatic heterocycles. The number of fused-ring (bicyclic) bond motifs is 2. The number of sulfonamides is 1. The number of aliphatic hydroxyl groups is 1. The molecule has 3 aliphatic rings. The van der Waals surface area contributed by atoms with Crippen LogP contribution >= 0.6 is 11.3 Å². The lowest BCUT2D eigenvalue weighted by Crippen LogP contribution is -2.63. The predicted molar refractivity (Wildman–Crippen MR) is 102 cm³/mol. The highest BCUT2D eigenvalue weighted by molar-refractivity contribution is 7.91. The van der Waals surface area contributed by atoms with Crippen molar-refractivity contribution in [3.05, 3.63) is 22.2 Å². The number of nitrogens with one attached hydrogen (secondary N) is 1. The van der Waals surface area contributed by atoms with Crippen LogP contribution in [0.25, 0.3) is 0 Å². The molecular weight excluding hydrogens is 408 g/mol. The van der Waals surface area contributed by atoms with E-state index >= 15 is 0 Å². The molecule has 12 heteroatoms. The van der Waals surface area contributed by atoms with Crippen molar-refractivity contribution in [1.82, 2.24) is 14.5 Å². The smallest absolute Gasteiger partial charge is 0.325 e. The number of piperidine rings is 1. The van der Waals surface area contributed by atoms with Gasteiger partial charge in [-0.1, -0.05) is 0 Å². The number of nitrogens with zero attached hydrogens (tertiary/aromatic N) is 3. The molecule has 10 nitrogen and oxygen atoms in total. The van der Waals surface area contributed by atoms with E-state index in [1.165, 1.54) is 16.4 Å². The minimum absolute atomic E-state index is 0.00575. The average Bonchev–Trinajstić information content (AvgIpc) is 3.14. The van der Waals surface area contributed by atoms with Gasteiger partial charge in [0.25, 0.3) is 10.0 Å². The van der Waals surface area contributed by atoms with Gasteiger partial charge in [-0.3, -0.25) is 15.0 Å². The third kappa shape index (κ3) is 3.95. The minimum Gasteiger partial charge on any atom is -0.393 e. The highest BCUT2D eigenvalue weighted by Crippen LogP contribution is 2.31. The number of hydrogen-bond donors (Lipinski definition) is 2. The number of piperazine rings is 1. The molecule has 1 aromatic rings. The summed E-state index contributed by atoms with van der Waals surface area (Å²) < 4.78 is 32.9. The van der Waals surface area contributed by atoms with Crippen LogP contribution in [0.15, 0.2) is 16.3 Å². The zero-order chi connectivity index (χ0) is 19.9. The Morgan fingerprint density at radius 1 is 1.32 bits per heavy atom. The summed E-state index contributed by atoms with van der Waals surface area (Å²) in [6, 6.07) is 2.80. The van der Waals surface area contributed by atoms with Gasteiger partial charge in [0.2, 0.25) is 0 Å². The minimum atomic E-state index is -3.75. The molecule has 0 amide bonds. The lowest BCUT2D eigenvalue weighted by molar-refractivity contribution is -0.380. The maximum absolute atomic E-state index is 12.9. The lowest BCUT2D eigenvalue weighted by Gasteiger charge is -2.49. The second kappa shape index (κ2) is 7.94. The summed E-state index contributed by atoms with van der Waals surface area (Å²) in [6.45, 7) is 3.02. The Balaban J connectivity index is 1.44. The number of hydrogen-bond acceptors (Lipinski definition) is 9. The van der Waals surface area contributed by atoms with Gasteiger partial charge < -0.3 is 15.2 Å². The lowest BCUT2D eigenvalue weighted by atomic mass is 9.91. The molecule has 0 radical (unpaired) electrons. The van der Waals surface area contributed by atoms with Crippen molar-refractivity contribution >= 4 is 26.4 Å². The predicted octanol–water partition coefficient (Wildman–Crippen LogP) is -0.157. The number of nitro groups is 1. The molecule has 2 unspecified atom stereocenters. The van der Waals surface area contributed by atoms with Gasteiger partial charge in [-0.05, 0) is 30.2 Å². The van der Waals surface area contributed by atoms with Crippen molar-refractivity contribution in [2.75, 3.05) is 39.4 Å². The summed E-state index contributed by atoms with van der Waals surface area (Å²) in [4.78, 5) is 12.6. The summed E-state index contributed by atoms with van der Waals surface area (Å²) >= 11 is 0.688. The first-order valence-corrected chi connectivity index (χ1v) is 11.6. The topological polar surface area (TPSA) is 125 Å². The molecule has 3 saturated heterocycles. The summed E-state index contributed by atoms with van der Waals surface area (Å²) in [5, 5.41) is 24.1. The van der Waals surface area contributed by atoms with Gasteiger partial charge in [0.05, 0.1) is 24.2 Å². The second-order valence-electron chi connectivity index (χ2n) is 7.53. The largest absolute Gasteiger partial charge is 0.393 e. The van der Waals surface area contributed by atoms with Gasteiger partial charge in [-0.2, -0.15) is 4.31 Å². The molecule has 2 bridgehead atoms. The van der Waals surface area contributed by atoms with Gasteiger partial charge >= 0.3 is 5.00 Å². The van der Waals surface area contributed by atoms with Crippen molar-refractivity contribution < 1.29 is 23.2 Å². The molecule has 0 aliphatic carbocycles. The monoisotopic (exact) mass is 432 g/mol. The van der Waals surface area contributed by atoms with E-state index in [0.29, 0.717) is 63.6 Å². The molecule has 4 heterocycles. The van der Waals surface area contributed by atoms with E-state index in [0.717, 1.165) is 0 Å². The third-order valence-electron chi connectivity index (χ3n) is 5.64. The quantitative estimate of drug-likeness (QED) is 0.486. The Bertz CT molecular complexity index is 817. The molecule has 28 heavy (non-hydrogen) atoms. The third-order valence-corrected chi connectivity index (χ3v) is 9.01. The van der Waals surface area contributed by atoms with E-state index < -0.39 is 14.9 Å². The van der Waals surface area contributed by atoms with Crippen LogP contribution in [0.1, 0.15) is 12.8 Å². The zero-order valence-corrected chi connectivity index (χ0v) is 16.9. The van der Waals surface area contributed by atoms with Crippen LogP contribution in [0.2, 0.25) is 0 Å². The maximum Gasteiger partial charge on any atom is 0.325 e. The van der Waals surface area contributed by atoms with E-state index in [1.54, 1.807) is 0 Å². The first-order valence-electron chi connectivity index (χ1n) is 9.34. The summed E-state index contributed by atoms with van der Waals surface area (Å²) in [5.74, 6) is 0. The standard InChI is InChI=1S/C16H24N4O6S2/c21-14-5-12-9-26-10-13(6-14)19(12)8-11-7-18(4-3-17-11)28(24,25)16-2-1-15(27-16)20(22)23/h1-2,11-14,17,21H,3-10H2/t11-,12?,13?,14?/m1/s1. The van der Waals surface area contributed by atoms with Crippen molar-refractivity contribution in [1.29, 1.82) is 0 Å². The van der Waals surface area contributed by atoms with Gasteiger partial charge in [-0.25, -0.2) is 8.42 Å². The average molecular weight is 433 g/mol. The van der Waals surface area contributed by atoms with Crippen molar-refractivity contribution in [3.63, 3.8) is 0 Å². The Hall–Kier alpha value is -1.15. The van der Waals surface area contributed by atoms with Crippen LogP contribution in [0.4, 0.5) is 5.00 Å². The van der Waals surface area contributed by atoms with E-state index in [2.05, 4.69) is 10.2 Å². The number of rotatable bonds is 5. The second-order valence-corrected chi connectivity index (χ2v) is 10.8. The molecule has 0 spiro atoms. The molecule has 2 N–H and O–H groups in total. The molecule has 0 saturated carbocycles. The Labute approximate surface area is 167 Å². The summed E-state index contributed by atoms with van der Waals surface area (Å²) in [5.41, 5.74) is 0. The van der Waals surface area contributed by atoms with Crippen molar-refractivity contribution in [2.24, 2.45) is 0 Å². The number of thiophene rings is 1. The summed E-state index contributed by atoms with van der Waals surface area (Å²) in [7, 11) is -3.75. The SMILES string of the molecule is O=[N+]([O-])c1ccc(S(=O)(=O)N2CCN[C@@H](CN3C4COCC3CC(O)C4)C2)s1. The van der Waals surface area contributed by atoms with Gasteiger partial charge in [0, 0.05) is 50.4 Å². The highest BCUT2D eigenvalue weighted by atomic mass is 32.2. The fraction of sp³-hybridized carbons (Fsp3) is 0.750. The fourth-order valence-corrected chi connectivity index (χ4v) is 7.07. The summed E-state index contributed by atoms with van der Waals surface area (Å²) in [6.07, 6.45) is 1.04. The van der Waals surface area contributed by atoms with Gasteiger partial charge in [0.15, 0.2) is 0 Å². The molecule has 0 aromatic carbocycles. The molecule has 3 aliphatic heterocycles. The Morgan fingerprint density at radius 3 is 2.68 bits per heavy atom. The number of aliphatic hydroxyl groups excluding tert-OH is 1. The molecule has 4 rings (SSSR count). The van der Waals surface area contributed by atoms with Gasteiger partial charge in [-0.15, -0.1) is 0 Å². The van der Waals surface area contributed by atoms with Gasteiger partial charge in [0.1, 0.15) is 4.21 Å². The first-order chi connectivity index (χ1) is 13.3. The van der Waals surface area contributed by atoms with Crippen LogP contribution in [0.5, 0.6) is 0 Å². The molecule has 3 fully saturated rings. The normalized spacial score (nSPS) is 32.3. The number of morpholine rings is 1. The Morgan fingerprint density at radius 2 is 2.04 bits per heavy atom. The highest BCUT2D eigenvalue weighted by Gasteiger charge is 2.40. The molecular formula is C16H24N4O6S2. The van der Waals surface area contributed by atoms with Crippen molar-refractivity contribution in [2.45, 2.75) is 41.3 Å². The Kier molecular flexibility index (Phi) is 5.71. The van der Waals surface area contributed by atoms with Crippen molar-refractivity contribution in [3.8, 4) is 0 Å². The van der Waals surface area contributed by atoms with E-state index in [4.69, 9.17) is 4.74 Å². The number of ether oxygens (including phenoxy) is 1. The molecule has 156 valence electrons. The van der Waals surface area contributed by atoms with Crippen LogP contribution in [-0.2, 0) is 14.8 Å². The zero-order valence-electron chi connectivity index (χ0n) is 15.3. The van der Waals surface area contributed by atoms with E-state index in [9.17, 15) is 23.6 Å². The molecule has 3 atom stereocenters. The maximum atomic E-state index is 12.9.